The largest absolute Gasteiger partial charge is 0.453 e. The molecule has 3 aromatic carbocycles. The summed E-state index contributed by atoms with van der Waals surface area (Å²) in [5, 5.41) is 2.87. The van der Waals surface area contributed by atoms with Gasteiger partial charge in [-0.15, -0.1) is 0 Å². The van der Waals surface area contributed by atoms with Crippen LogP contribution < -0.4 is 10.0 Å². The van der Waals surface area contributed by atoms with Crippen molar-refractivity contribution in [3.8, 4) is 0 Å². The van der Waals surface area contributed by atoms with Crippen LogP contribution in [0.4, 0.5) is 4.79 Å². The van der Waals surface area contributed by atoms with Gasteiger partial charge in [0, 0.05) is 0 Å². The van der Waals surface area contributed by atoms with Crippen molar-refractivity contribution in [2.75, 3.05) is 7.11 Å². The van der Waals surface area contributed by atoms with Crippen LogP contribution in [0.1, 0.15) is 99.2 Å². The SMILES string of the molecule is COC(=O)N[C@@H](c1ccccc1)[C@@H](NS(=O)(=O)c1c(C(C)C)cc(C(C)C)cc1C(C)C)c1ccccc1. The second kappa shape index (κ2) is 12.6. The molecule has 0 aliphatic heterocycles. The molecule has 0 aliphatic carbocycles. The molecule has 1 amide bonds. The third-order valence-corrected chi connectivity index (χ3v) is 8.31. The van der Waals surface area contributed by atoms with E-state index in [1.165, 1.54) is 7.11 Å². The van der Waals surface area contributed by atoms with Crippen LogP contribution in [0.2, 0.25) is 0 Å². The number of benzene rings is 3. The van der Waals surface area contributed by atoms with Crippen LogP contribution in [0.3, 0.4) is 0 Å². The Hall–Kier alpha value is -3.16. The number of sulfonamides is 1. The lowest BCUT2D eigenvalue weighted by atomic mass is 9.89. The maximum absolute atomic E-state index is 14.4. The van der Waals surface area contributed by atoms with E-state index in [9.17, 15) is 13.2 Å². The first-order valence-corrected chi connectivity index (χ1v) is 14.6. The number of alkyl carbamates (subject to hydrolysis) is 1. The van der Waals surface area contributed by atoms with E-state index in [2.05, 4.69) is 23.9 Å². The fourth-order valence-electron chi connectivity index (χ4n) is 4.62. The third kappa shape index (κ3) is 6.83. The molecule has 7 heteroatoms. The Labute approximate surface area is 227 Å². The zero-order chi connectivity index (χ0) is 28.0. The second-order valence-corrected chi connectivity index (χ2v) is 12.2. The highest BCUT2D eigenvalue weighted by atomic mass is 32.2. The monoisotopic (exact) mass is 536 g/mol. The van der Waals surface area contributed by atoms with Gasteiger partial charge in [0.2, 0.25) is 10.0 Å². The molecule has 0 aliphatic rings. The summed E-state index contributed by atoms with van der Waals surface area (Å²) >= 11 is 0. The minimum absolute atomic E-state index is 0.00827. The van der Waals surface area contributed by atoms with Gasteiger partial charge in [0.25, 0.3) is 0 Å². The smallest absolute Gasteiger partial charge is 0.407 e. The summed E-state index contributed by atoms with van der Waals surface area (Å²) in [7, 11) is -2.75. The van der Waals surface area contributed by atoms with E-state index in [0.717, 1.165) is 27.8 Å². The zero-order valence-corrected chi connectivity index (χ0v) is 24.2. The van der Waals surface area contributed by atoms with E-state index in [0.29, 0.717) is 4.90 Å². The molecule has 204 valence electrons. The highest BCUT2D eigenvalue weighted by Gasteiger charge is 2.34. The van der Waals surface area contributed by atoms with Gasteiger partial charge < -0.3 is 10.1 Å². The van der Waals surface area contributed by atoms with E-state index >= 15 is 0 Å². The molecule has 0 saturated carbocycles. The molecule has 0 unspecified atom stereocenters. The molecular weight excluding hydrogens is 496 g/mol. The maximum atomic E-state index is 14.4. The molecule has 0 radical (unpaired) electrons. The van der Waals surface area contributed by atoms with E-state index < -0.39 is 28.2 Å². The van der Waals surface area contributed by atoms with Gasteiger partial charge in [-0.3, -0.25) is 0 Å². The van der Waals surface area contributed by atoms with Gasteiger partial charge in [0.15, 0.2) is 0 Å². The number of nitrogens with one attached hydrogen (secondary N) is 2. The summed E-state index contributed by atoms with van der Waals surface area (Å²) in [5.41, 5.74) is 4.16. The van der Waals surface area contributed by atoms with Gasteiger partial charge >= 0.3 is 6.09 Å². The van der Waals surface area contributed by atoms with Crippen molar-refractivity contribution in [1.82, 2.24) is 10.0 Å². The highest BCUT2D eigenvalue weighted by molar-refractivity contribution is 7.89. The lowest BCUT2D eigenvalue weighted by Gasteiger charge is -2.31. The number of carbonyl (C=O) groups excluding carboxylic acids is 1. The van der Waals surface area contributed by atoms with Crippen LogP contribution in [0.15, 0.2) is 77.7 Å². The van der Waals surface area contributed by atoms with Crippen LogP contribution >= 0.6 is 0 Å². The molecule has 2 atom stereocenters. The minimum atomic E-state index is -4.04. The Morgan fingerprint density at radius 2 is 1.13 bits per heavy atom. The summed E-state index contributed by atoms with van der Waals surface area (Å²) in [6.07, 6.45) is -0.647. The van der Waals surface area contributed by atoms with Crippen molar-refractivity contribution in [3.05, 3.63) is 101 Å². The molecule has 0 fully saturated rings. The first kappa shape index (κ1) is 29.4. The zero-order valence-electron chi connectivity index (χ0n) is 23.4. The van der Waals surface area contributed by atoms with E-state index in [4.69, 9.17) is 4.74 Å². The van der Waals surface area contributed by atoms with Crippen LogP contribution in [-0.2, 0) is 14.8 Å². The van der Waals surface area contributed by atoms with Crippen molar-refractivity contribution in [3.63, 3.8) is 0 Å². The maximum Gasteiger partial charge on any atom is 0.407 e. The first-order valence-electron chi connectivity index (χ1n) is 13.1. The third-order valence-electron chi connectivity index (χ3n) is 6.74. The Bertz CT molecular complexity index is 1290. The quantitative estimate of drug-likeness (QED) is 0.288. The number of amides is 1. The molecule has 0 saturated heterocycles. The minimum Gasteiger partial charge on any atom is -0.453 e. The van der Waals surface area contributed by atoms with Crippen LogP contribution in [0.5, 0.6) is 0 Å². The van der Waals surface area contributed by atoms with Crippen molar-refractivity contribution < 1.29 is 17.9 Å². The average molecular weight is 537 g/mol. The Morgan fingerprint density at radius 1 is 0.684 bits per heavy atom. The predicted octanol–water partition coefficient (Wildman–Crippen LogP) is 7.17. The molecule has 0 spiro atoms. The van der Waals surface area contributed by atoms with E-state index in [1.807, 2.05) is 100 Å². The van der Waals surface area contributed by atoms with Crippen molar-refractivity contribution in [2.24, 2.45) is 0 Å². The molecule has 0 heterocycles. The number of hydrogen-bond acceptors (Lipinski definition) is 4. The topological polar surface area (TPSA) is 84.5 Å². The van der Waals surface area contributed by atoms with Gasteiger partial charge in [-0.2, -0.15) is 0 Å². The molecule has 6 nitrogen and oxygen atoms in total. The predicted molar refractivity (Wildman–Crippen MR) is 153 cm³/mol. The number of ether oxygens (including phenoxy) is 1. The standard InChI is InChI=1S/C31H40N2O4S/c1-20(2)25-18-26(21(3)4)30(27(19-25)22(5)6)38(35,36)33-29(24-16-12-9-13-17-24)28(32-31(34)37-7)23-14-10-8-11-15-23/h8-22,28-29,33H,1-7H3,(H,32,34)/t28-,29-/m0/s1. The Balaban J connectivity index is 2.24. The molecule has 3 rings (SSSR count). The summed E-state index contributed by atoms with van der Waals surface area (Å²) in [6.45, 7) is 12.3. The number of methoxy groups -OCH3 is 1. The summed E-state index contributed by atoms with van der Waals surface area (Å²) in [5.74, 6) is 0.246. The lowest BCUT2D eigenvalue weighted by Crippen LogP contribution is -2.41. The molecule has 2 N–H and O–H groups in total. The molecule has 0 bridgehead atoms. The summed E-state index contributed by atoms with van der Waals surface area (Å²) in [4.78, 5) is 12.8. The van der Waals surface area contributed by atoms with Gasteiger partial charge in [-0.1, -0.05) is 114 Å². The summed E-state index contributed by atoms with van der Waals surface area (Å²) in [6, 6.07) is 21.1. The fourth-order valence-corrected chi connectivity index (χ4v) is 6.55. The van der Waals surface area contributed by atoms with Gasteiger partial charge in [-0.05, 0) is 45.6 Å². The second-order valence-electron chi connectivity index (χ2n) is 10.5. The number of carbonyl (C=O) groups is 1. The van der Waals surface area contributed by atoms with Gasteiger partial charge in [0.05, 0.1) is 24.1 Å². The van der Waals surface area contributed by atoms with Crippen LogP contribution in [-0.4, -0.2) is 21.6 Å². The van der Waals surface area contributed by atoms with Crippen LogP contribution in [0.25, 0.3) is 0 Å². The number of rotatable bonds is 10. The molecular formula is C31H40N2O4S. The van der Waals surface area contributed by atoms with Crippen molar-refractivity contribution >= 4 is 16.1 Å². The fraction of sp³-hybridized carbons (Fsp3) is 0.387. The molecule has 38 heavy (non-hydrogen) atoms. The number of hydrogen-bond donors (Lipinski definition) is 2. The first-order chi connectivity index (χ1) is 18.0. The van der Waals surface area contributed by atoms with Gasteiger partial charge in [-0.25, -0.2) is 17.9 Å². The molecule has 3 aromatic rings. The Morgan fingerprint density at radius 3 is 1.53 bits per heavy atom. The average Bonchev–Trinajstić information content (AvgIpc) is 2.90. The Kier molecular flexibility index (Phi) is 9.74. The van der Waals surface area contributed by atoms with E-state index in [1.54, 1.807) is 0 Å². The van der Waals surface area contributed by atoms with Gasteiger partial charge in [0.1, 0.15) is 0 Å². The lowest BCUT2D eigenvalue weighted by molar-refractivity contribution is 0.164. The normalized spacial score (nSPS) is 13.5. The highest BCUT2D eigenvalue weighted by Crippen LogP contribution is 2.37. The molecule has 0 aromatic heterocycles. The van der Waals surface area contributed by atoms with Crippen molar-refractivity contribution in [2.45, 2.75) is 76.3 Å². The van der Waals surface area contributed by atoms with Crippen molar-refractivity contribution in [1.29, 1.82) is 0 Å². The summed E-state index contributed by atoms with van der Waals surface area (Å²) < 4.78 is 36.7. The van der Waals surface area contributed by atoms with Crippen LogP contribution in [0, 0.1) is 0 Å². The van der Waals surface area contributed by atoms with E-state index in [-0.39, 0.29) is 17.8 Å².